The molecule has 0 aliphatic carbocycles. The van der Waals surface area contributed by atoms with Crippen molar-refractivity contribution in [3.05, 3.63) is 121 Å². The molecule has 0 aliphatic heterocycles. The van der Waals surface area contributed by atoms with Crippen LogP contribution >= 0.6 is 11.3 Å². The van der Waals surface area contributed by atoms with E-state index in [4.69, 9.17) is 19.4 Å². The molecule has 11 rings (SSSR count). The Morgan fingerprint density at radius 3 is 2.36 bits per heavy atom. The van der Waals surface area contributed by atoms with Crippen LogP contribution in [0.3, 0.4) is 0 Å². The summed E-state index contributed by atoms with van der Waals surface area (Å²) in [5.74, 6) is 0.651. The largest absolute Gasteiger partial charge is 0.455 e. The van der Waals surface area contributed by atoms with E-state index < -0.39 is 0 Å². The normalized spacial score (nSPS) is 12.4. The Morgan fingerprint density at radius 2 is 1.40 bits per heavy atom. The number of rotatable bonds is 2. The van der Waals surface area contributed by atoms with Crippen LogP contribution in [0.15, 0.2) is 125 Å². The van der Waals surface area contributed by atoms with E-state index in [2.05, 4.69) is 95.4 Å². The lowest BCUT2D eigenvalue weighted by Gasteiger charge is -2.10. The van der Waals surface area contributed by atoms with Gasteiger partial charge in [-0.1, -0.05) is 72.8 Å². The maximum atomic E-state index is 6.40. The first-order valence-corrected chi connectivity index (χ1v) is 15.8. The Labute approximate surface area is 259 Å². The Kier molecular flexibility index (Phi) is 4.41. The minimum absolute atomic E-state index is 0.651. The molecule has 0 unspecified atom stereocenters. The summed E-state index contributed by atoms with van der Waals surface area (Å²) in [6.07, 6.45) is 0. The third-order valence-corrected chi connectivity index (χ3v) is 10.1. The van der Waals surface area contributed by atoms with Gasteiger partial charge in [-0.05, 0) is 42.5 Å². The highest BCUT2D eigenvalue weighted by Gasteiger charge is 2.22. The summed E-state index contributed by atoms with van der Waals surface area (Å²) in [7, 11) is 0. The number of benzene rings is 6. The van der Waals surface area contributed by atoms with Gasteiger partial charge in [0.1, 0.15) is 11.2 Å². The van der Waals surface area contributed by atoms with Crippen molar-refractivity contribution in [1.82, 2.24) is 19.4 Å². The molecule has 0 N–H and O–H groups in total. The molecule has 6 aromatic carbocycles. The number of fused-ring (bicyclic) bond motifs is 12. The maximum absolute atomic E-state index is 6.40. The minimum atomic E-state index is 0.651. The average molecular weight is 593 g/mol. The quantitative estimate of drug-likeness (QED) is 0.200. The molecule has 0 bridgehead atoms. The first-order chi connectivity index (χ1) is 22.3. The fraction of sp³-hybridized carbons (Fsp3) is 0. The van der Waals surface area contributed by atoms with Crippen molar-refractivity contribution in [2.75, 3.05) is 0 Å². The third kappa shape index (κ3) is 3.04. The molecule has 0 saturated heterocycles. The van der Waals surface area contributed by atoms with Gasteiger partial charge in [-0.3, -0.25) is 0 Å². The van der Waals surface area contributed by atoms with Crippen LogP contribution in [-0.4, -0.2) is 19.4 Å². The van der Waals surface area contributed by atoms with Crippen LogP contribution in [0.2, 0.25) is 0 Å². The van der Waals surface area contributed by atoms with Crippen LogP contribution in [0, 0.1) is 0 Å². The van der Waals surface area contributed by atoms with Crippen LogP contribution in [0.5, 0.6) is 0 Å². The lowest BCUT2D eigenvalue weighted by Crippen LogP contribution is -1.95. The van der Waals surface area contributed by atoms with Gasteiger partial charge in [0.2, 0.25) is 0 Å². The standard InChI is InChI=1S/C39H20N4OS/c1-4-13-29-25(10-1)35(42-39(41-29)26-12-7-11-24-23-9-3-6-15-33(23)44-37(24)26)21-16-17-32-28(18-21)34-36-27(19-30-38(34)45-20-40-30)22-8-2-5-14-31(22)43(32)36/h1-20H. The molecule has 11 aromatic rings. The first kappa shape index (κ1) is 23.6. The van der Waals surface area contributed by atoms with Gasteiger partial charge >= 0.3 is 0 Å². The summed E-state index contributed by atoms with van der Waals surface area (Å²) < 4.78 is 10.0. The SMILES string of the molecule is c1ccc2c(-c3ccc4c(c3)c3c5scnc5cc5c6ccccc6n4c53)nc(-c3cccc4c3oc3ccccc34)nc2c1. The molecular formula is C39H20N4OS. The molecule has 5 aromatic heterocycles. The van der Waals surface area contributed by atoms with Crippen molar-refractivity contribution in [3.63, 3.8) is 0 Å². The highest BCUT2D eigenvalue weighted by Crippen LogP contribution is 2.45. The van der Waals surface area contributed by atoms with E-state index in [1.807, 2.05) is 29.8 Å². The Bertz CT molecular complexity index is 3000. The second kappa shape index (κ2) is 8.40. The topological polar surface area (TPSA) is 56.2 Å². The fourth-order valence-corrected chi connectivity index (χ4v) is 8.19. The van der Waals surface area contributed by atoms with Crippen molar-refractivity contribution >= 4 is 92.5 Å². The molecule has 0 atom stereocenters. The van der Waals surface area contributed by atoms with Crippen LogP contribution in [0.4, 0.5) is 0 Å². The van der Waals surface area contributed by atoms with E-state index in [0.717, 1.165) is 55.2 Å². The van der Waals surface area contributed by atoms with Gasteiger partial charge in [-0.2, -0.15) is 0 Å². The van der Waals surface area contributed by atoms with Gasteiger partial charge in [-0.15, -0.1) is 11.3 Å². The number of nitrogens with zero attached hydrogens (tertiary/aromatic N) is 4. The van der Waals surface area contributed by atoms with Crippen molar-refractivity contribution in [1.29, 1.82) is 0 Å². The van der Waals surface area contributed by atoms with Crippen LogP contribution in [0.25, 0.3) is 104 Å². The number of furan rings is 1. The lowest BCUT2D eigenvalue weighted by molar-refractivity contribution is 0.669. The summed E-state index contributed by atoms with van der Waals surface area (Å²) in [5.41, 5.74) is 12.1. The number of hydrogen-bond acceptors (Lipinski definition) is 5. The van der Waals surface area contributed by atoms with E-state index in [9.17, 15) is 0 Å². The fourth-order valence-electron chi connectivity index (χ4n) is 7.37. The summed E-state index contributed by atoms with van der Waals surface area (Å²) in [6, 6.07) is 40.3. The molecule has 0 aliphatic rings. The van der Waals surface area contributed by atoms with Crippen molar-refractivity contribution in [2.24, 2.45) is 0 Å². The lowest BCUT2D eigenvalue weighted by atomic mass is 10.0. The zero-order chi connectivity index (χ0) is 29.2. The van der Waals surface area contributed by atoms with E-state index >= 15 is 0 Å². The van der Waals surface area contributed by atoms with Crippen molar-refractivity contribution in [3.8, 4) is 22.6 Å². The van der Waals surface area contributed by atoms with Crippen molar-refractivity contribution < 1.29 is 4.42 Å². The summed E-state index contributed by atoms with van der Waals surface area (Å²) >= 11 is 1.71. The number of thiazole rings is 1. The monoisotopic (exact) mass is 592 g/mol. The molecule has 45 heavy (non-hydrogen) atoms. The predicted molar refractivity (Wildman–Crippen MR) is 186 cm³/mol. The molecule has 5 heterocycles. The molecule has 0 amide bonds. The highest BCUT2D eigenvalue weighted by atomic mass is 32.1. The smallest absolute Gasteiger partial charge is 0.164 e. The average Bonchev–Trinajstić information content (AvgIpc) is 3.86. The molecule has 5 nitrogen and oxygen atoms in total. The van der Waals surface area contributed by atoms with E-state index in [0.29, 0.717) is 5.82 Å². The molecular weight excluding hydrogens is 573 g/mol. The zero-order valence-corrected chi connectivity index (χ0v) is 24.5. The van der Waals surface area contributed by atoms with E-state index in [-0.39, 0.29) is 0 Å². The number of para-hydroxylation sites is 4. The summed E-state index contributed by atoms with van der Waals surface area (Å²) in [4.78, 5) is 15.1. The Hall–Kier alpha value is -5.85. The van der Waals surface area contributed by atoms with E-state index in [1.165, 1.54) is 42.8 Å². The van der Waals surface area contributed by atoms with Gasteiger partial charge in [0.05, 0.1) is 49.1 Å². The van der Waals surface area contributed by atoms with Gasteiger partial charge in [-0.25, -0.2) is 15.0 Å². The Balaban J connectivity index is 1.23. The van der Waals surface area contributed by atoms with Gasteiger partial charge < -0.3 is 8.82 Å². The van der Waals surface area contributed by atoms with Gasteiger partial charge in [0.25, 0.3) is 0 Å². The molecule has 208 valence electrons. The molecule has 6 heteroatoms. The second-order valence-electron chi connectivity index (χ2n) is 11.6. The molecule has 0 saturated carbocycles. The van der Waals surface area contributed by atoms with E-state index in [1.54, 1.807) is 11.3 Å². The third-order valence-electron chi connectivity index (χ3n) is 9.28. The van der Waals surface area contributed by atoms with Gasteiger partial charge in [0.15, 0.2) is 5.82 Å². The predicted octanol–water partition coefficient (Wildman–Crippen LogP) is 10.6. The molecule has 0 radical (unpaired) electrons. The molecule has 0 spiro atoms. The molecule has 0 fully saturated rings. The number of aromatic nitrogens is 4. The second-order valence-corrected chi connectivity index (χ2v) is 12.5. The Morgan fingerprint density at radius 1 is 0.600 bits per heavy atom. The van der Waals surface area contributed by atoms with Crippen LogP contribution < -0.4 is 0 Å². The first-order valence-electron chi connectivity index (χ1n) is 14.9. The summed E-state index contributed by atoms with van der Waals surface area (Å²) in [6.45, 7) is 0. The summed E-state index contributed by atoms with van der Waals surface area (Å²) in [5, 5.41) is 8.13. The van der Waals surface area contributed by atoms with Crippen LogP contribution in [0.1, 0.15) is 0 Å². The maximum Gasteiger partial charge on any atom is 0.164 e. The van der Waals surface area contributed by atoms with Crippen molar-refractivity contribution in [2.45, 2.75) is 0 Å². The van der Waals surface area contributed by atoms with Crippen LogP contribution in [-0.2, 0) is 0 Å². The zero-order valence-electron chi connectivity index (χ0n) is 23.7. The number of hydrogen-bond donors (Lipinski definition) is 0. The van der Waals surface area contributed by atoms with Gasteiger partial charge in [0, 0.05) is 43.3 Å². The minimum Gasteiger partial charge on any atom is -0.455 e. The highest BCUT2D eigenvalue weighted by molar-refractivity contribution is 7.18.